The number of carboxylic acids is 1. The molecule has 0 fully saturated rings. The molecule has 1 N–H and O–H groups in total. The molecule has 0 aliphatic carbocycles. The lowest BCUT2D eigenvalue weighted by Crippen LogP contribution is -2.07. The van der Waals surface area contributed by atoms with E-state index < -0.39 is 11.8 Å². The molecule has 4 nitrogen and oxygen atoms in total. The van der Waals surface area contributed by atoms with Crippen molar-refractivity contribution in [3.63, 3.8) is 0 Å². The van der Waals surface area contributed by atoms with Crippen LogP contribution in [-0.4, -0.2) is 17.0 Å². The van der Waals surface area contributed by atoms with E-state index in [0.717, 1.165) is 19.3 Å². The maximum atomic E-state index is 13.8. The normalized spacial score (nSPS) is 10.7. The van der Waals surface area contributed by atoms with E-state index in [1.165, 1.54) is 44.2 Å². The molecule has 5 heteroatoms. The summed E-state index contributed by atoms with van der Waals surface area (Å²) in [5, 5.41) is 8.89. The largest absolute Gasteiger partial charge is 0.478 e. The van der Waals surface area contributed by atoms with Crippen LogP contribution in [0.2, 0.25) is 0 Å². The van der Waals surface area contributed by atoms with Crippen molar-refractivity contribution in [2.45, 2.75) is 64.7 Å². The fraction of sp³-hybridized carbons (Fsp3) is 0.417. The van der Waals surface area contributed by atoms with Gasteiger partial charge in [0, 0.05) is 6.42 Å². The van der Waals surface area contributed by atoms with Gasteiger partial charge in [-0.3, -0.25) is 4.79 Å². The highest BCUT2D eigenvalue weighted by atomic mass is 19.1. The number of unbranched alkanes of at least 4 members (excludes halogenated alkanes) is 7. The lowest BCUT2D eigenvalue weighted by molar-refractivity contribution is -0.134. The fourth-order valence-corrected chi connectivity index (χ4v) is 3.17. The monoisotopic (exact) mass is 400 g/mol. The summed E-state index contributed by atoms with van der Waals surface area (Å²) in [6.45, 7) is 2.21. The van der Waals surface area contributed by atoms with Crippen molar-refractivity contribution in [1.29, 1.82) is 0 Å². The van der Waals surface area contributed by atoms with Crippen LogP contribution in [0.1, 0.15) is 75.1 Å². The summed E-state index contributed by atoms with van der Waals surface area (Å²) in [5.41, 5.74) is 0.910. The van der Waals surface area contributed by atoms with Gasteiger partial charge in [-0.05, 0) is 41.8 Å². The fourth-order valence-electron chi connectivity index (χ4n) is 3.17. The molecule has 2 rings (SSSR count). The van der Waals surface area contributed by atoms with E-state index in [2.05, 4.69) is 6.92 Å². The van der Waals surface area contributed by atoms with Gasteiger partial charge in [-0.1, -0.05) is 70.1 Å². The van der Waals surface area contributed by atoms with E-state index in [9.17, 15) is 14.0 Å². The molecule has 0 radical (unpaired) electrons. The molecule has 0 heterocycles. The Morgan fingerprint density at radius 1 is 0.862 bits per heavy atom. The first kappa shape index (κ1) is 22.6. The van der Waals surface area contributed by atoms with Crippen LogP contribution in [0.15, 0.2) is 42.5 Å². The molecule has 0 aromatic heterocycles. The molecule has 0 amide bonds. The highest BCUT2D eigenvalue weighted by molar-refractivity contribution is 5.88. The van der Waals surface area contributed by atoms with Crippen molar-refractivity contribution in [3.8, 4) is 16.9 Å². The summed E-state index contributed by atoms with van der Waals surface area (Å²) in [6.07, 6.45) is 9.77. The molecule has 0 atom stereocenters. The Kier molecular flexibility index (Phi) is 9.35. The third kappa shape index (κ3) is 7.68. The molecular formula is C24H29FO4. The van der Waals surface area contributed by atoms with Crippen LogP contribution in [0, 0.1) is 5.82 Å². The van der Waals surface area contributed by atoms with E-state index in [-0.39, 0.29) is 11.5 Å². The topological polar surface area (TPSA) is 63.6 Å². The van der Waals surface area contributed by atoms with Crippen LogP contribution in [0.5, 0.6) is 5.75 Å². The first-order valence-electron chi connectivity index (χ1n) is 10.3. The van der Waals surface area contributed by atoms with Gasteiger partial charge in [-0.15, -0.1) is 0 Å². The Bertz CT molecular complexity index is 799. The Labute approximate surface area is 171 Å². The number of benzene rings is 2. The Hall–Kier alpha value is -2.69. The first-order valence-corrected chi connectivity index (χ1v) is 10.3. The van der Waals surface area contributed by atoms with Gasteiger partial charge in [-0.2, -0.15) is 0 Å². The van der Waals surface area contributed by atoms with E-state index in [0.29, 0.717) is 23.3 Å². The Morgan fingerprint density at radius 2 is 1.45 bits per heavy atom. The number of aromatic carboxylic acids is 1. The average molecular weight is 400 g/mol. The number of hydrogen-bond donors (Lipinski definition) is 1. The van der Waals surface area contributed by atoms with Gasteiger partial charge in [0.1, 0.15) is 11.6 Å². The number of halogens is 1. The number of ether oxygens (including phenoxy) is 1. The second kappa shape index (κ2) is 12.0. The molecule has 29 heavy (non-hydrogen) atoms. The van der Waals surface area contributed by atoms with Crippen LogP contribution in [0.4, 0.5) is 4.39 Å². The van der Waals surface area contributed by atoms with Gasteiger partial charge in [0.25, 0.3) is 0 Å². The van der Waals surface area contributed by atoms with Crippen molar-refractivity contribution in [2.24, 2.45) is 0 Å². The van der Waals surface area contributed by atoms with Gasteiger partial charge < -0.3 is 9.84 Å². The summed E-state index contributed by atoms with van der Waals surface area (Å²) in [5.74, 6) is -1.88. The lowest BCUT2D eigenvalue weighted by atomic mass is 10.0. The predicted octanol–water partition coefficient (Wildman–Crippen LogP) is 6.63. The molecule has 2 aromatic carbocycles. The van der Waals surface area contributed by atoms with Crippen molar-refractivity contribution < 1.29 is 23.8 Å². The quantitative estimate of drug-likeness (QED) is 0.247. The molecule has 0 aliphatic heterocycles. The summed E-state index contributed by atoms with van der Waals surface area (Å²) in [7, 11) is 0. The average Bonchev–Trinajstić information content (AvgIpc) is 2.70. The SMILES string of the molecule is CCCCCCCCCCC(=O)Oc1ccc(-c2ccc(C(=O)O)c(F)c2)cc1. The maximum absolute atomic E-state index is 13.8. The van der Waals surface area contributed by atoms with Crippen LogP contribution in [0.3, 0.4) is 0 Å². The Morgan fingerprint density at radius 3 is 2.03 bits per heavy atom. The number of carbonyl (C=O) groups excluding carboxylic acids is 1. The van der Waals surface area contributed by atoms with Gasteiger partial charge in [0.15, 0.2) is 0 Å². The number of esters is 1. The summed E-state index contributed by atoms with van der Waals surface area (Å²) < 4.78 is 19.2. The van der Waals surface area contributed by atoms with Crippen LogP contribution in [-0.2, 0) is 4.79 Å². The summed E-state index contributed by atoms with van der Waals surface area (Å²) >= 11 is 0. The zero-order valence-electron chi connectivity index (χ0n) is 17.0. The highest BCUT2D eigenvalue weighted by Crippen LogP contribution is 2.25. The van der Waals surface area contributed by atoms with Crippen molar-refractivity contribution in [3.05, 3.63) is 53.8 Å². The van der Waals surface area contributed by atoms with Crippen LogP contribution in [0.25, 0.3) is 11.1 Å². The minimum atomic E-state index is -1.30. The van der Waals surface area contributed by atoms with E-state index in [4.69, 9.17) is 9.84 Å². The van der Waals surface area contributed by atoms with Crippen molar-refractivity contribution >= 4 is 11.9 Å². The summed E-state index contributed by atoms with van der Waals surface area (Å²) in [4.78, 5) is 22.9. The molecule has 0 aliphatic rings. The smallest absolute Gasteiger partial charge is 0.338 e. The third-order valence-corrected chi connectivity index (χ3v) is 4.85. The third-order valence-electron chi connectivity index (χ3n) is 4.85. The second-order valence-electron chi connectivity index (χ2n) is 7.22. The first-order chi connectivity index (χ1) is 14.0. The van der Waals surface area contributed by atoms with Gasteiger partial charge in [0.05, 0.1) is 5.56 Å². The highest BCUT2D eigenvalue weighted by Gasteiger charge is 2.11. The number of rotatable bonds is 12. The minimum Gasteiger partial charge on any atom is -0.478 e. The molecule has 2 aromatic rings. The molecule has 0 unspecified atom stereocenters. The molecule has 0 saturated carbocycles. The summed E-state index contributed by atoms with van der Waals surface area (Å²) in [6, 6.07) is 10.7. The van der Waals surface area contributed by atoms with E-state index in [1.807, 2.05) is 0 Å². The number of carbonyl (C=O) groups is 2. The second-order valence-corrected chi connectivity index (χ2v) is 7.22. The zero-order valence-corrected chi connectivity index (χ0v) is 17.0. The van der Waals surface area contributed by atoms with E-state index >= 15 is 0 Å². The standard InChI is InChI=1S/C24H29FO4/c1-2-3-4-5-6-7-8-9-10-23(26)29-20-14-11-18(12-15-20)19-13-16-21(24(27)28)22(25)17-19/h11-17H,2-10H2,1H3,(H,27,28). The van der Waals surface area contributed by atoms with E-state index in [1.54, 1.807) is 30.3 Å². The number of hydrogen-bond acceptors (Lipinski definition) is 3. The van der Waals surface area contributed by atoms with Gasteiger partial charge >= 0.3 is 11.9 Å². The Balaban J connectivity index is 1.76. The molecule has 0 spiro atoms. The zero-order chi connectivity index (χ0) is 21.1. The van der Waals surface area contributed by atoms with Gasteiger partial charge in [0.2, 0.25) is 0 Å². The number of carboxylic acid groups (broad SMARTS) is 1. The van der Waals surface area contributed by atoms with Crippen LogP contribution >= 0.6 is 0 Å². The molecule has 156 valence electrons. The minimum absolute atomic E-state index is 0.249. The van der Waals surface area contributed by atoms with Crippen molar-refractivity contribution in [2.75, 3.05) is 0 Å². The maximum Gasteiger partial charge on any atom is 0.338 e. The van der Waals surface area contributed by atoms with Crippen LogP contribution < -0.4 is 4.74 Å². The molecule has 0 bridgehead atoms. The van der Waals surface area contributed by atoms with Gasteiger partial charge in [-0.25, -0.2) is 9.18 Å². The lowest BCUT2D eigenvalue weighted by Gasteiger charge is -2.07. The molecule has 0 saturated heterocycles. The van der Waals surface area contributed by atoms with Crippen molar-refractivity contribution in [1.82, 2.24) is 0 Å². The molecular weight excluding hydrogens is 371 g/mol. The predicted molar refractivity (Wildman–Crippen MR) is 112 cm³/mol.